The SMILES string of the molecule is C#CCOc1c(Cl)cc([C@H]2C(C#N)=C(N)OC3=C2C(=O)CC(C)(C)C3)cc1Cl. The monoisotopic (exact) mass is 416 g/mol. The van der Waals surface area contributed by atoms with Crippen LogP contribution in [0.15, 0.2) is 34.9 Å². The smallest absolute Gasteiger partial charge is 0.205 e. The summed E-state index contributed by atoms with van der Waals surface area (Å²) in [5, 5.41) is 10.1. The van der Waals surface area contributed by atoms with Gasteiger partial charge in [0.2, 0.25) is 5.88 Å². The molecule has 2 aliphatic rings. The van der Waals surface area contributed by atoms with Crippen LogP contribution in [0.25, 0.3) is 0 Å². The highest BCUT2D eigenvalue weighted by molar-refractivity contribution is 6.37. The second kappa shape index (κ2) is 7.43. The first-order chi connectivity index (χ1) is 13.2. The van der Waals surface area contributed by atoms with Gasteiger partial charge in [-0.2, -0.15) is 5.26 Å². The van der Waals surface area contributed by atoms with E-state index in [0.717, 1.165) is 0 Å². The van der Waals surface area contributed by atoms with E-state index in [-0.39, 0.29) is 45.1 Å². The number of hydrogen-bond acceptors (Lipinski definition) is 5. The number of nitrogens with zero attached hydrogens (tertiary/aromatic N) is 1. The van der Waals surface area contributed by atoms with Gasteiger partial charge in [-0.3, -0.25) is 4.79 Å². The lowest BCUT2D eigenvalue weighted by Crippen LogP contribution is -2.33. The van der Waals surface area contributed by atoms with Crippen molar-refractivity contribution in [1.29, 1.82) is 5.26 Å². The van der Waals surface area contributed by atoms with Crippen molar-refractivity contribution in [2.75, 3.05) is 6.61 Å². The Bertz CT molecular complexity index is 986. The van der Waals surface area contributed by atoms with Crippen molar-refractivity contribution in [3.05, 3.63) is 50.5 Å². The molecule has 0 saturated carbocycles. The minimum absolute atomic E-state index is 0.00915. The Morgan fingerprint density at radius 2 is 2.00 bits per heavy atom. The molecule has 0 unspecified atom stereocenters. The highest BCUT2D eigenvalue weighted by Crippen LogP contribution is 2.49. The number of nitriles is 1. The molecule has 1 aliphatic heterocycles. The van der Waals surface area contributed by atoms with Gasteiger partial charge in [0.25, 0.3) is 0 Å². The maximum atomic E-state index is 13.0. The maximum absolute atomic E-state index is 13.0. The molecule has 1 aromatic rings. The molecule has 7 heteroatoms. The van der Waals surface area contributed by atoms with Crippen LogP contribution in [0.5, 0.6) is 5.75 Å². The van der Waals surface area contributed by atoms with Crippen molar-refractivity contribution in [2.45, 2.75) is 32.6 Å². The highest BCUT2D eigenvalue weighted by atomic mass is 35.5. The minimum atomic E-state index is -0.700. The van der Waals surface area contributed by atoms with E-state index in [4.69, 9.17) is 44.8 Å². The fraction of sp³-hybridized carbons (Fsp3) is 0.333. The summed E-state index contributed by atoms with van der Waals surface area (Å²) < 4.78 is 11.1. The molecule has 144 valence electrons. The average molecular weight is 417 g/mol. The topological polar surface area (TPSA) is 85.3 Å². The molecule has 1 atom stereocenters. The number of halogens is 2. The van der Waals surface area contributed by atoms with Gasteiger partial charge in [-0.15, -0.1) is 6.42 Å². The Morgan fingerprint density at radius 3 is 2.57 bits per heavy atom. The van der Waals surface area contributed by atoms with E-state index in [1.165, 1.54) is 0 Å². The molecule has 0 spiro atoms. The van der Waals surface area contributed by atoms with Crippen LogP contribution in [0.3, 0.4) is 0 Å². The van der Waals surface area contributed by atoms with E-state index in [1.54, 1.807) is 12.1 Å². The Labute approximate surface area is 173 Å². The zero-order valence-corrected chi connectivity index (χ0v) is 16.9. The van der Waals surface area contributed by atoms with E-state index in [2.05, 4.69) is 12.0 Å². The fourth-order valence-corrected chi connectivity index (χ4v) is 4.23. The molecule has 5 nitrogen and oxygen atoms in total. The molecule has 0 amide bonds. The van der Waals surface area contributed by atoms with Crippen molar-refractivity contribution in [3.8, 4) is 24.2 Å². The van der Waals surface area contributed by atoms with Gasteiger partial charge in [0, 0.05) is 18.4 Å². The predicted octanol–water partition coefficient (Wildman–Crippen LogP) is 4.46. The quantitative estimate of drug-likeness (QED) is 0.735. The lowest BCUT2D eigenvalue weighted by Gasteiger charge is -2.37. The molecule has 0 bridgehead atoms. The third-order valence-corrected chi connectivity index (χ3v) is 5.29. The van der Waals surface area contributed by atoms with Crippen LogP contribution in [-0.2, 0) is 9.53 Å². The third kappa shape index (κ3) is 3.56. The van der Waals surface area contributed by atoms with Crippen LogP contribution >= 0.6 is 23.2 Å². The average Bonchev–Trinajstić information content (AvgIpc) is 2.58. The number of terminal acetylenes is 1. The van der Waals surface area contributed by atoms with Gasteiger partial charge in [-0.1, -0.05) is 43.0 Å². The molecule has 1 heterocycles. The van der Waals surface area contributed by atoms with E-state index in [1.807, 2.05) is 13.8 Å². The molecule has 3 rings (SSSR count). The summed E-state index contributed by atoms with van der Waals surface area (Å²) in [5.41, 5.74) is 6.89. The van der Waals surface area contributed by atoms with Gasteiger partial charge in [-0.05, 0) is 23.1 Å². The van der Waals surface area contributed by atoms with Crippen LogP contribution in [-0.4, -0.2) is 12.4 Å². The Hall–Kier alpha value is -2.60. The van der Waals surface area contributed by atoms with Crippen LogP contribution in [0.2, 0.25) is 10.0 Å². The number of hydrogen-bond donors (Lipinski definition) is 1. The number of allylic oxidation sites excluding steroid dienone is 3. The van der Waals surface area contributed by atoms with Crippen LogP contribution in [0.4, 0.5) is 0 Å². The number of carbonyl (C=O) groups is 1. The summed E-state index contributed by atoms with van der Waals surface area (Å²) in [7, 11) is 0. The zero-order chi connectivity index (χ0) is 20.6. The standard InChI is InChI=1S/C21H18Cl2N2O3/c1-4-5-27-19-13(22)6-11(7-14(19)23)17-12(10-24)20(25)28-16-9-21(2,3)8-15(26)18(16)17/h1,6-7,17H,5,8-9,25H2,2-3H3/t17-/m0/s1. The fourth-order valence-electron chi connectivity index (χ4n) is 3.62. The van der Waals surface area contributed by atoms with E-state index >= 15 is 0 Å². The van der Waals surface area contributed by atoms with Gasteiger partial charge >= 0.3 is 0 Å². The molecule has 28 heavy (non-hydrogen) atoms. The number of ketones is 1. The summed E-state index contributed by atoms with van der Waals surface area (Å²) in [6.07, 6.45) is 6.09. The zero-order valence-electron chi connectivity index (χ0n) is 15.4. The van der Waals surface area contributed by atoms with Gasteiger partial charge in [0.05, 0.1) is 16.0 Å². The Morgan fingerprint density at radius 1 is 1.36 bits per heavy atom. The summed E-state index contributed by atoms with van der Waals surface area (Å²) in [6, 6.07) is 5.28. The summed E-state index contributed by atoms with van der Waals surface area (Å²) >= 11 is 12.7. The third-order valence-electron chi connectivity index (χ3n) is 4.73. The molecule has 1 aromatic carbocycles. The molecular weight excluding hydrogens is 399 g/mol. The van der Waals surface area contributed by atoms with E-state index in [9.17, 15) is 10.1 Å². The highest BCUT2D eigenvalue weighted by Gasteiger charge is 2.43. The lowest BCUT2D eigenvalue weighted by molar-refractivity contribution is -0.119. The second-order valence-corrected chi connectivity index (χ2v) is 8.32. The largest absolute Gasteiger partial charge is 0.478 e. The lowest BCUT2D eigenvalue weighted by atomic mass is 9.70. The van der Waals surface area contributed by atoms with Crippen LogP contribution in [0, 0.1) is 29.1 Å². The number of rotatable bonds is 3. The predicted molar refractivity (Wildman–Crippen MR) is 106 cm³/mol. The number of Topliss-reactive ketones (excluding diaryl/α,β-unsaturated/α-hetero) is 1. The normalized spacial score (nSPS) is 20.8. The van der Waals surface area contributed by atoms with Crippen molar-refractivity contribution in [3.63, 3.8) is 0 Å². The molecule has 0 aromatic heterocycles. The van der Waals surface area contributed by atoms with E-state index in [0.29, 0.717) is 29.7 Å². The van der Waals surface area contributed by atoms with Crippen molar-refractivity contribution in [2.24, 2.45) is 11.1 Å². The molecule has 1 aliphatic carbocycles. The number of ether oxygens (including phenoxy) is 2. The maximum Gasteiger partial charge on any atom is 0.205 e. The molecule has 0 radical (unpaired) electrons. The molecule has 0 fully saturated rings. The van der Waals surface area contributed by atoms with Gasteiger partial charge < -0.3 is 15.2 Å². The van der Waals surface area contributed by atoms with Crippen LogP contribution in [0.1, 0.15) is 38.2 Å². The van der Waals surface area contributed by atoms with E-state index < -0.39 is 5.92 Å². The summed E-state index contributed by atoms with van der Waals surface area (Å²) in [6.45, 7) is 3.98. The Kier molecular flexibility index (Phi) is 5.35. The molecule has 2 N–H and O–H groups in total. The number of benzene rings is 1. The van der Waals surface area contributed by atoms with Crippen LogP contribution < -0.4 is 10.5 Å². The van der Waals surface area contributed by atoms with Crippen molar-refractivity contribution < 1.29 is 14.3 Å². The molecular formula is C21H18Cl2N2O3. The summed E-state index contributed by atoms with van der Waals surface area (Å²) in [4.78, 5) is 13.0. The summed E-state index contributed by atoms with van der Waals surface area (Å²) in [5.74, 6) is 2.28. The molecule has 0 saturated heterocycles. The van der Waals surface area contributed by atoms with Gasteiger partial charge in [0.15, 0.2) is 11.5 Å². The first kappa shape index (κ1) is 20.1. The minimum Gasteiger partial charge on any atom is -0.478 e. The van der Waals surface area contributed by atoms with Gasteiger partial charge in [0.1, 0.15) is 24.0 Å². The second-order valence-electron chi connectivity index (χ2n) is 7.51. The first-order valence-corrected chi connectivity index (χ1v) is 9.33. The number of nitrogens with two attached hydrogens (primary N) is 1. The Balaban J connectivity index is 2.16. The van der Waals surface area contributed by atoms with Crippen molar-refractivity contribution in [1.82, 2.24) is 0 Å². The first-order valence-electron chi connectivity index (χ1n) is 8.57. The number of carbonyl (C=O) groups excluding carboxylic acids is 1. The van der Waals surface area contributed by atoms with Gasteiger partial charge in [-0.25, -0.2) is 0 Å². The van der Waals surface area contributed by atoms with Crippen molar-refractivity contribution >= 4 is 29.0 Å².